The standard InChI is InChI=1S/C15H12ClFN2/c16-14-3-1-11(2-4-14)9-19-10-13-5-12(8-18)6-15(17)7-13/h1-7,19H,9-10H2. The first-order chi connectivity index (χ1) is 9.17. The lowest BCUT2D eigenvalue weighted by Crippen LogP contribution is -2.12. The van der Waals surface area contributed by atoms with Crippen LogP contribution < -0.4 is 5.32 Å². The number of nitrogens with zero attached hydrogens (tertiary/aromatic N) is 1. The predicted octanol–water partition coefficient (Wildman–Crippen LogP) is 3.64. The van der Waals surface area contributed by atoms with Crippen molar-refractivity contribution in [3.05, 3.63) is 70.0 Å². The second-order valence-electron chi connectivity index (χ2n) is 4.19. The van der Waals surface area contributed by atoms with E-state index in [0.29, 0.717) is 23.7 Å². The Hall–Kier alpha value is -1.89. The summed E-state index contributed by atoms with van der Waals surface area (Å²) in [5.41, 5.74) is 2.19. The van der Waals surface area contributed by atoms with Gasteiger partial charge >= 0.3 is 0 Å². The van der Waals surface area contributed by atoms with Gasteiger partial charge in [0.15, 0.2) is 0 Å². The van der Waals surface area contributed by atoms with Crippen LogP contribution in [0.2, 0.25) is 5.02 Å². The van der Waals surface area contributed by atoms with E-state index in [0.717, 1.165) is 11.1 Å². The zero-order valence-corrected chi connectivity index (χ0v) is 10.9. The van der Waals surface area contributed by atoms with Crippen molar-refractivity contribution < 1.29 is 4.39 Å². The number of benzene rings is 2. The van der Waals surface area contributed by atoms with E-state index in [9.17, 15) is 4.39 Å². The number of rotatable bonds is 4. The SMILES string of the molecule is N#Cc1cc(F)cc(CNCc2ccc(Cl)cc2)c1. The number of hydrogen-bond acceptors (Lipinski definition) is 2. The van der Waals surface area contributed by atoms with Gasteiger partial charge in [0.1, 0.15) is 5.82 Å². The molecule has 0 bridgehead atoms. The average Bonchev–Trinajstić information content (AvgIpc) is 2.40. The lowest BCUT2D eigenvalue weighted by molar-refractivity contribution is 0.619. The Morgan fingerprint density at radius 3 is 2.42 bits per heavy atom. The minimum absolute atomic E-state index is 0.336. The molecular weight excluding hydrogens is 263 g/mol. The molecule has 0 heterocycles. The smallest absolute Gasteiger partial charge is 0.124 e. The molecule has 0 radical (unpaired) electrons. The van der Waals surface area contributed by atoms with Gasteiger partial charge in [-0.15, -0.1) is 0 Å². The Labute approximate surface area is 116 Å². The van der Waals surface area contributed by atoms with Gasteiger partial charge in [-0.1, -0.05) is 23.7 Å². The van der Waals surface area contributed by atoms with E-state index in [1.165, 1.54) is 12.1 Å². The third-order valence-electron chi connectivity index (χ3n) is 2.66. The summed E-state index contributed by atoms with van der Waals surface area (Å²) in [7, 11) is 0. The Bertz CT molecular complexity index is 603. The van der Waals surface area contributed by atoms with Gasteiger partial charge in [0.05, 0.1) is 11.6 Å². The molecule has 0 spiro atoms. The van der Waals surface area contributed by atoms with Crippen molar-refractivity contribution in [2.75, 3.05) is 0 Å². The van der Waals surface area contributed by atoms with Gasteiger partial charge in [0, 0.05) is 18.1 Å². The molecule has 19 heavy (non-hydrogen) atoms. The normalized spacial score (nSPS) is 10.2. The van der Waals surface area contributed by atoms with Crippen molar-refractivity contribution in [2.45, 2.75) is 13.1 Å². The Balaban J connectivity index is 1.94. The maximum Gasteiger partial charge on any atom is 0.124 e. The molecule has 2 aromatic rings. The van der Waals surface area contributed by atoms with Crippen molar-refractivity contribution in [3.63, 3.8) is 0 Å². The highest BCUT2D eigenvalue weighted by atomic mass is 35.5. The van der Waals surface area contributed by atoms with E-state index < -0.39 is 0 Å². The summed E-state index contributed by atoms with van der Waals surface area (Å²) >= 11 is 5.80. The van der Waals surface area contributed by atoms with Gasteiger partial charge in [-0.3, -0.25) is 0 Å². The Morgan fingerprint density at radius 1 is 1.05 bits per heavy atom. The molecule has 4 heteroatoms. The third kappa shape index (κ3) is 4.06. The zero-order chi connectivity index (χ0) is 13.7. The number of nitrogens with one attached hydrogen (secondary N) is 1. The maximum absolute atomic E-state index is 13.2. The molecular formula is C15H12ClFN2. The van der Waals surface area contributed by atoms with Crippen LogP contribution in [0.1, 0.15) is 16.7 Å². The van der Waals surface area contributed by atoms with Crippen LogP contribution in [0.3, 0.4) is 0 Å². The lowest BCUT2D eigenvalue weighted by atomic mass is 10.1. The Morgan fingerprint density at radius 2 is 1.74 bits per heavy atom. The van der Waals surface area contributed by atoms with Crippen molar-refractivity contribution in [2.24, 2.45) is 0 Å². The highest BCUT2D eigenvalue weighted by Crippen LogP contribution is 2.11. The third-order valence-corrected chi connectivity index (χ3v) is 2.91. The number of hydrogen-bond donors (Lipinski definition) is 1. The molecule has 0 amide bonds. The molecule has 0 atom stereocenters. The molecule has 0 saturated carbocycles. The van der Waals surface area contributed by atoms with Crippen molar-refractivity contribution in [1.29, 1.82) is 5.26 Å². The van der Waals surface area contributed by atoms with E-state index >= 15 is 0 Å². The van der Waals surface area contributed by atoms with Gasteiger partial charge in [0.2, 0.25) is 0 Å². The van der Waals surface area contributed by atoms with Crippen LogP contribution in [0.25, 0.3) is 0 Å². The molecule has 1 N–H and O–H groups in total. The monoisotopic (exact) mass is 274 g/mol. The molecule has 96 valence electrons. The van der Waals surface area contributed by atoms with E-state index in [-0.39, 0.29) is 5.82 Å². The second-order valence-corrected chi connectivity index (χ2v) is 4.63. The summed E-state index contributed by atoms with van der Waals surface area (Å²) < 4.78 is 13.2. The van der Waals surface area contributed by atoms with Crippen LogP contribution in [0.5, 0.6) is 0 Å². The fourth-order valence-electron chi connectivity index (χ4n) is 1.77. The van der Waals surface area contributed by atoms with Crippen LogP contribution in [0.15, 0.2) is 42.5 Å². The summed E-state index contributed by atoms with van der Waals surface area (Å²) in [5.74, 6) is -0.387. The molecule has 0 aliphatic carbocycles. The number of halogens is 2. The second kappa shape index (κ2) is 6.33. The Kier molecular flexibility index (Phi) is 4.51. The average molecular weight is 275 g/mol. The van der Waals surface area contributed by atoms with E-state index in [4.69, 9.17) is 16.9 Å². The topological polar surface area (TPSA) is 35.8 Å². The highest BCUT2D eigenvalue weighted by molar-refractivity contribution is 6.30. The highest BCUT2D eigenvalue weighted by Gasteiger charge is 2.00. The van der Waals surface area contributed by atoms with Crippen molar-refractivity contribution in [3.8, 4) is 6.07 Å². The molecule has 2 nitrogen and oxygen atoms in total. The van der Waals surface area contributed by atoms with E-state index in [2.05, 4.69) is 5.32 Å². The molecule has 2 rings (SSSR count). The van der Waals surface area contributed by atoms with Crippen LogP contribution >= 0.6 is 11.6 Å². The molecule has 0 saturated heterocycles. The molecule has 0 fully saturated rings. The minimum Gasteiger partial charge on any atom is -0.309 e. The van der Waals surface area contributed by atoms with Crippen LogP contribution in [-0.4, -0.2) is 0 Å². The largest absolute Gasteiger partial charge is 0.309 e. The zero-order valence-electron chi connectivity index (χ0n) is 10.2. The summed E-state index contributed by atoms with van der Waals surface area (Å²) in [6.45, 7) is 1.17. The van der Waals surface area contributed by atoms with Gasteiger partial charge < -0.3 is 5.32 Å². The van der Waals surface area contributed by atoms with Gasteiger partial charge in [0.25, 0.3) is 0 Å². The summed E-state index contributed by atoms with van der Waals surface area (Å²) in [6.07, 6.45) is 0. The molecule has 0 aliphatic rings. The summed E-state index contributed by atoms with van der Waals surface area (Å²) in [4.78, 5) is 0. The van der Waals surface area contributed by atoms with Crippen molar-refractivity contribution >= 4 is 11.6 Å². The predicted molar refractivity (Wildman–Crippen MR) is 73.1 cm³/mol. The first-order valence-electron chi connectivity index (χ1n) is 5.82. The first-order valence-corrected chi connectivity index (χ1v) is 6.20. The molecule has 0 aliphatic heterocycles. The number of nitriles is 1. The van der Waals surface area contributed by atoms with Crippen LogP contribution in [0, 0.1) is 17.1 Å². The van der Waals surface area contributed by atoms with E-state index in [1.54, 1.807) is 6.07 Å². The van der Waals surface area contributed by atoms with E-state index in [1.807, 2.05) is 30.3 Å². The quantitative estimate of drug-likeness (QED) is 0.924. The maximum atomic E-state index is 13.2. The lowest BCUT2D eigenvalue weighted by Gasteiger charge is -2.06. The molecule has 2 aromatic carbocycles. The minimum atomic E-state index is -0.387. The van der Waals surface area contributed by atoms with Crippen LogP contribution in [0.4, 0.5) is 4.39 Å². The fourth-order valence-corrected chi connectivity index (χ4v) is 1.90. The van der Waals surface area contributed by atoms with Gasteiger partial charge in [-0.25, -0.2) is 4.39 Å². The first kappa shape index (κ1) is 13.5. The fraction of sp³-hybridized carbons (Fsp3) is 0.133. The van der Waals surface area contributed by atoms with Crippen LogP contribution in [-0.2, 0) is 13.1 Å². The van der Waals surface area contributed by atoms with Gasteiger partial charge in [-0.2, -0.15) is 5.26 Å². The molecule has 0 aromatic heterocycles. The van der Waals surface area contributed by atoms with Gasteiger partial charge in [-0.05, 0) is 41.5 Å². The summed E-state index contributed by atoms with van der Waals surface area (Å²) in [6, 6.07) is 13.8. The molecule has 0 unspecified atom stereocenters. The summed E-state index contributed by atoms with van der Waals surface area (Å²) in [5, 5.41) is 12.7. The van der Waals surface area contributed by atoms with Crippen molar-refractivity contribution in [1.82, 2.24) is 5.32 Å².